The van der Waals surface area contributed by atoms with Crippen molar-refractivity contribution >= 4 is 44.9 Å². The number of aromatic nitrogens is 6. The molecule has 15 heteroatoms. The van der Waals surface area contributed by atoms with E-state index in [-0.39, 0.29) is 61.8 Å². The molecule has 4 aromatic heterocycles. The summed E-state index contributed by atoms with van der Waals surface area (Å²) >= 11 is 0. The number of carbonyl (C=O) groups excluding carboxylic acids is 1. The molecule has 0 saturated carbocycles. The number of nitrogens with zero attached hydrogens (tertiary/aromatic N) is 6. The van der Waals surface area contributed by atoms with E-state index in [2.05, 4.69) is 54.2 Å². The molecule has 5 rings (SSSR count). The number of carbonyl (C=O) groups is 1. The summed E-state index contributed by atoms with van der Waals surface area (Å²) in [4.78, 5) is 33.8. The molecule has 0 spiro atoms. The molecule has 11 N–H and O–H groups in total. The quantitative estimate of drug-likeness (QED) is 0.130. The Morgan fingerprint density at radius 1 is 0.829 bits per heavy atom. The number of aromatic carboxylic acids is 1. The number of hydrogen-bond donors (Lipinski definition) is 1. The van der Waals surface area contributed by atoms with Crippen molar-refractivity contribution in [3.05, 3.63) is 60.2 Å². The van der Waals surface area contributed by atoms with Crippen molar-refractivity contribution in [1.82, 2.24) is 29.9 Å². The molecule has 0 bridgehead atoms. The number of fused-ring (bicyclic) bond motifs is 4. The summed E-state index contributed by atoms with van der Waals surface area (Å²) in [7, 11) is 0. The van der Waals surface area contributed by atoms with E-state index in [1.165, 1.54) is 6.92 Å². The normalized spacial score (nSPS) is 9.17. The predicted octanol–water partition coefficient (Wildman–Crippen LogP) is -2.87. The molecular weight excluding hydrogens is 514 g/mol. The third-order valence-corrected chi connectivity index (χ3v) is 4.23. The summed E-state index contributed by atoms with van der Waals surface area (Å²) in [5, 5.41) is 24.3. The van der Waals surface area contributed by atoms with E-state index in [4.69, 9.17) is 5.73 Å². The Balaban J connectivity index is 0. The number of nitrogen functional groups attached to an aromatic ring is 1. The Labute approximate surface area is 207 Å². The summed E-state index contributed by atoms with van der Waals surface area (Å²) in [6, 6.07) is 12.1. The fraction of sp³-hybridized carbons (Fsp3) is 0.0500. The van der Waals surface area contributed by atoms with Crippen LogP contribution >= 0.6 is 0 Å². The van der Waals surface area contributed by atoms with Crippen LogP contribution in [0.25, 0.3) is 33.0 Å². The number of carboxylic acids is 1. The van der Waals surface area contributed by atoms with Crippen LogP contribution in [0.4, 0.5) is 5.95 Å². The first kappa shape index (κ1) is 33.1. The van der Waals surface area contributed by atoms with Gasteiger partial charge < -0.3 is 42.6 Å². The molecule has 4 heterocycles. The van der Waals surface area contributed by atoms with Gasteiger partial charge in [0.15, 0.2) is 5.65 Å². The van der Waals surface area contributed by atoms with Gasteiger partial charge in [-0.15, -0.1) is 0 Å². The number of pyridine rings is 2. The van der Waals surface area contributed by atoms with Gasteiger partial charge in [-0.25, -0.2) is 15.0 Å². The van der Waals surface area contributed by atoms with Crippen molar-refractivity contribution < 1.29 is 54.0 Å². The van der Waals surface area contributed by atoms with Gasteiger partial charge in [0.05, 0.1) is 22.7 Å². The molecule has 14 nitrogen and oxygen atoms in total. The minimum absolute atomic E-state index is 0. The molecule has 0 amide bonds. The second-order valence-corrected chi connectivity index (χ2v) is 6.22. The van der Waals surface area contributed by atoms with E-state index in [1.807, 2.05) is 12.1 Å². The van der Waals surface area contributed by atoms with E-state index in [0.717, 1.165) is 21.8 Å². The van der Waals surface area contributed by atoms with Crippen LogP contribution in [0.1, 0.15) is 16.2 Å². The zero-order valence-corrected chi connectivity index (χ0v) is 18.9. The van der Waals surface area contributed by atoms with Crippen molar-refractivity contribution in [2.45, 2.75) is 6.92 Å². The molecule has 0 saturated heterocycles. The van der Waals surface area contributed by atoms with Crippen molar-refractivity contribution in [3.8, 4) is 5.88 Å². The molecule has 189 valence electrons. The number of nitrogens with two attached hydrogens (primary N) is 1. The average Bonchev–Trinajstić information content (AvgIpc) is 2.73. The van der Waals surface area contributed by atoms with Gasteiger partial charge >= 0.3 is 17.1 Å². The summed E-state index contributed by atoms with van der Waals surface area (Å²) in [6.07, 6.45) is 3.60. The molecule has 0 aliphatic heterocycles. The van der Waals surface area contributed by atoms with Gasteiger partial charge in [-0.05, 0) is 19.1 Å². The molecule has 0 unspecified atom stereocenters. The van der Waals surface area contributed by atoms with E-state index >= 15 is 0 Å². The van der Waals surface area contributed by atoms with Crippen LogP contribution < -0.4 is 15.9 Å². The topological polar surface area (TPSA) is 294 Å². The van der Waals surface area contributed by atoms with E-state index < -0.39 is 17.5 Å². The smallest absolute Gasteiger partial charge is 0.857 e. The maximum atomic E-state index is 11.3. The fourth-order valence-electron chi connectivity index (χ4n) is 2.89. The van der Waals surface area contributed by atoms with Gasteiger partial charge in [-0.3, -0.25) is 9.97 Å². The van der Waals surface area contributed by atoms with Crippen LogP contribution in [0.2, 0.25) is 0 Å². The maximum Gasteiger partial charge on any atom is 2.00 e. The first-order valence-corrected chi connectivity index (χ1v) is 8.72. The fourth-order valence-corrected chi connectivity index (χ4v) is 2.89. The van der Waals surface area contributed by atoms with Crippen LogP contribution in [0, 0.1) is 6.92 Å². The van der Waals surface area contributed by atoms with E-state index in [1.54, 1.807) is 12.4 Å². The minimum atomic E-state index is -1.51. The van der Waals surface area contributed by atoms with Crippen molar-refractivity contribution in [3.63, 3.8) is 0 Å². The van der Waals surface area contributed by atoms with Crippen LogP contribution in [-0.2, 0) is 22.5 Å². The predicted molar refractivity (Wildman–Crippen MR) is 121 cm³/mol. The Morgan fingerprint density at radius 3 is 1.83 bits per heavy atom. The third kappa shape index (κ3) is 6.70. The molecule has 1 radical (unpaired) electrons. The average molecular weight is 536 g/mol. The zero-order valence-electron chi connectivity index (χ0n) is 18.0. The van der Waals surface area contributed by atoms with Crippen molar-refractivity contribution in [1.29, 1.82) is 0 Å². The van der Waals surface area contributed by atoms with Crippen molar-refractivity contribution in [2.24, 2.45) is 0 Å². The van der Waals surface area contributed by atoms with Crippen LogP contribution in [0.5, 0.6) is 5.88 Å². The molecule has 0 fully saturated rings. The van der Waals surface area contributed by atoms with E-state index in [9.17, 15) is 15.0 Å². The molecule has 0 atom stereocenters. The van der Waals surface area contributed by atoms with Gasteiger partial charge in [0, 0.05) is 29.0 Å². The molecule has 0 aliphatic carbocycles. The second-order valence-electron chi connectivity index (χ2n) is 6.22. The van der Waals surface area contributed by atoms with Gasteiger partial charge in [-0.2, -0.15) is 4.98 Å². The number of rotatable bonds is 1. The van der Waals surface area contributed by atoms with Gasteiger partial charge in [0.25, 0.3) is 0 Å². The molecule has 1 aromatic carbocycles. The number of aryl methyl sites for hydroxylation is 1. The molecule has 5 aromatic rings. The summed E-state index contributed by atoms with van der Waals surface area (Å²) in [5.74, 6) is -2.51. The van der Waals surface area contributed by atoms with E-state index in [0.29, 0.717) is 0 Å². The Morgan fingerprint density at radius 2 is 1.34 bits per heavy atom. The summed E-state index contributed by atoms with van der Waals surface area (Å²) < 4.78 is 0. The monoisotopic (exact) mass is 535 g/mol. The molecular formula is C20H22CuN7O7+. The number of benzene rings is 1. The first-order valence-electron chi connectivity index (χ1n) is 8.72. The van der Waals surface area contributed by atoms with Gasteiger partial charge in [-0.1, -0.05) is 24.3 Å². The summed E-state index contributed by atoms with van der Waals surface area (Å²) in [6.45, 7) is 1.42. The Hall–Kier alpha value is -4.11. The number of carboxylic acid groups (broad SMARTS) is 1. The Bertz CT molecular complexity index is 1390. The van der Waals surface area contributed by atoms with Crippen LogP contribution in [-0.4, -0.2) is 52.3 Å². The largest absolute Gasteiger partial charge is 2.00 e. The summed E-state index contributed by atoms with van der Waals surface area (Å²) in [5.41, 5.74) is 6.64. The SMILES string of the molecule is Cc1nc2nc(N)nc([O-])c2nc1C(=O)[O-].O.O.O.[Cu+2].[OH3+].c1cnc2c(c1)ccc1cccnc12. The van der Waals surface area contributed by atoms with Gasteiger partial charge in [0.1, 0.15) is 11.2 Å². The van der Waals surface area contributed by atoms with Crippen LogP contribution in [0.3, 0.4) is 0 Å². The first-order chi connectivity index (χ1) is 14.4. The second kappa shape index (κ2) is 13.6. The number of anilines is 1. The molecule has 35 heavy (non-hydrogen) atoms. The third-order valence-electron chi connectivity index (χ3n) is 4.23. The van der Waals surface area contributed by atoms with Crippen LogP contribution in [0.15, 0.2) is 48.8 Å². The van der Waals surface area contributed by atoms with Crippen molar-refractivity contribution in [2.75, 3.05) is 5.73 Å². The van der Waals surface area contributed by atoms with Gasteiger partial charge in [0.2, 0.25) is 5.95 Å². The standard InChI is InChI=1S/C12H8N2.C8H7N5O3.Cu.4H2O/c1-3-9-5-6-10-4-2-8-14-12(10)11(9)13-7-1;1-2-3(7(15)16)11-4-5(10-2)12-8(9)13-6(4)14;;;;;/h1-8H;1H3,(H,15,16)(H3,9,10,12,13,14);;4*1H2/q;;+2;;;;/p-1. The Kier molecular flexibility index (Phi) is 12.8. The molecule has 0 aliphatic rings. The number of hydrogen-bond acceptors (Lipinski definition) is 10. The minimum Gasteiger partial charge on any atom is -0.857 e. The zero-order chi connectivity index (χ0) is 21.3. The maximum absolute atomic E-state index is 11.3.